The Bertz CT molecular complexity index is 487. The average Bonchev–Trinajstić information content (AvgIpc) is 2.30. The maximum atomic E-state index is 11.9. The summed E-state index contributed by atoms with van der Waals surface area (Å²) in [5.41, 5.74) is 1.77. The summed E-state index contributed by atoms with van der Waals surface area (Å²) >= 11 is 0. The van der Waals surface area contributed by atoms with Crippen molar-refractivity contribution in [2.75, 3.05) is 13.3 Å². The summed E-state index contributed by atoms with van der Waals surface area (Å²) in [7, 11) is 0. The van der Waals surface area contributed by atoms with Gasteiger partial charge in [0.05, 0.1) is 30.7 Å². The van der Waals surface area contributed by atoms with E-state index in [1.165, 1.54) is 0 Å². The van der Waals surface area contributed by atoms with Crippen molar-refractivity contribution in [3.05, 3.63) is 30.2 Å². The lowest BCUT2D eigenvalue weighted by molar-refractivity contribution is 0.289. The van der Waals surface area contributed by atoms with Crippen molar-refractivity contribution in [1.29, 1.82) is 0 Å². The van der Waals surface area contributed by atoms with E-state index in [1.54, 1.807) is 12.4 Å². The summed E-state index contributed by atoms with van der Waals surface area (Å²) in [6.07, 6.45) is 3.80. The van der Waals surface area contributed by atoms with Crippen molar-refractivity contribution in [3.8, 4) is 5.75 Å². The molecule has 0 spiro atoms. The van der Waals surface area contributed by atoms with E-state index in [1.807, 2.05) is 19.1 Å². The summed E-state index contributed by atoms with van der Waals surface area (Å²) in [6.45, 7) is 1.94. The number of halogens is 1. The summed E-state index contributed by atoms with van der Waals surface area (Å²) in [6, 6.07) is 3.78. The Labute approximate surface area is 93.3 Å². The third kappa shape index (κ3) is 2.27. The first-order valence-corrected chi connectivity index (χ1v) is 5.21. The molecule has 2 rings (SSSR count). The topological polar surface area (TPSA) is 35.0 Å². The smallest absolute Gasteiger partial charge is 0.138 e. The lowest BCUT2D eigenvalue weighted by atomic mass is 10.2. The van der Waals surface area contributed by atoms with Gasteiger partial charge in [0.25, 0.3) is 0 Å². The molecule has 0 saturated carbocycles. The molecule has 2 heterocycles. The molecule has 0 radical (unpaired) electrons. The van der Waals surface area contributed by atoms with E-state index in [-0.39, 0.29) is 6.67 Å². The largest absolute Gasteiger partial charge is 0.492 e. The van der Waals surface area contributed by atoms with Gasteiger partial charge < -0.3 is 4.74 Å². The highest BCUT2D eigenvalue weighted by atomic mass is 19.1. The highest BCUT2D eigenvalue weighted by molar-refractivity contribution is 5.81. The van der Waals surface area contributed by atoms with Crippen LogP contribution < -0.4 is 4.74 Å². The Balaban J connectivity index is 2.23. The molecule has 16 heavy (non-hydrogen) atoms. The van der Waals surface area contributed by atoms with E-state index in [2.05, 4.69) is 9.97 Å². The van der Waals surface area contributed by atoms with Gasteiger partial charge in [0.2, 0.25) is 0 Å². The van der Waals surface area contributed by atoms with Gasteiger partial charge in [-0.25, -0.2) is 0 Å². The van der Waals surface area contributed by atoms with Gasteiger partial charge >= 0.3 is 0 Å². The van der Waals surface area contributed by atoms with E-state index >= 15 is 0 Å². The Morgan fingerprint density at radius 2 is 2.25 bits per heavy atom. The first-order chi connectivity index (χ1) is 7.81. The second-order valence-corrected chi connectivity index (χ2v) is 3.53. The third-order valence-electron chi connectivity index (χ3n) is 2.30. The average molecular weight is 220 g/mol. The summed E-state index contributed by atoms with van der Waals surface area (Å²) in [4.78, 5) is 8.44. The number of aromatic nitrogens is 2. The molecule has 2 aromatic rings. The molecule has 0 aliphatic carbocycles. The van der Waals surface area contributed by atoms with Crippen molar-refractivity contribution >= 4 is 10.9 Å². The van der Waals surface area contributed by atoms with Crippen LogP contribution in [0.1, 0.15) is 12.1 Å². The zero-order valence-corrected chi connectivity index (χ0v) is 9.11. The van der Waals surface area contributed by atoms with Crippen LogP contribution >= 0.6 is 0 Å². The molecular weight excluding hydrogens is 207 g/mol. The van der Waals surface area contributed by atoms with Crippen LogP contribution in [0, 0.1) is 6.92 Å². The molecule has 2 aromatic heterocycles. The lowest BCUT2D eigenvalue weighted by Crippen LogP contribution is -1.98. The number of rotatable bonds is 4. The monoisotopic (exact) mass is 220 g/mol. The zero-order valence-electron chi connectivity index (χ0n) is 9.11. The molecule has 0 aliphatic heterocycles. The first kappa shape index (κ1) is 10.8. The van der Waals surface area contributed by atoms with E-state index in [9.17, 15) is 4.39 Å². The van der Waals surface area contributed by atoms with Gasteiger partial charge in [0.1, 0.15) is 5.75 Å². The molecule has 4 heteroatoms. The number of fused-ring (bicyclic) bond motifs is 1. The predicted molar refractivity (Wildman–Crippen MR) is 60.4 cm³/mol. The van der Waals surface area contributed by atoms with Crippen molar-refractivity contribution in [1.82, 2.24) is 9.97 Å². The second kappa shape index (κ2) is 4.88. The number of aryl methyl sites for hydroxylation is 1. The standard InChI is InChI=1S/C12H13FN2O/c1-9-12-10(3-5-14-9)7-11(8-15-12)16-6-2-4-13/h3,5,7-8H,2,4,6H2,1H3. The van der Waals surface area contributed by atoms with Gasteiger partial charge in [-0.05, 0) is 19.1 Å². The minimum Gasteiger partial charge on any atom is -0.492 e. The van der Waals surface area contributed by atoms with Gasteiger partial charge in [0, 0.05) is 18.0 Å². The molecule has 0 unspecified atom stereocenters. The number of pyridine rings is 2. The summed E-state index contributed by atoms with van der Waals surface area (Å²) < 4.78 is 17.3. The zero-order chi connectivity index (χ0) is 11.4. The minimum absolute atomic E-state index is 0.357. The number of ether oxygens (including phenoxy) is 1. The maximum Gasteiger partial charge on any atom is 0.138 e. The van der Waals surface area contributed by atoms with Crippen molar-refractivity contribution < 1.29 is 9.13 Å². The molecule has 84 valence electrons. The van der Waals surface area contributed by atoms with E-state index in [0.717, 1.165) is 16.6 Å². The van der Waals surface area contributed by atoms with Crippen LogP contribution in [0.2, 0.25) is 0 Å². The van der Waals surface area contributed by atoms with Crippen LogP contribution in [0.3, 0.4) is 0 Å². The number of hydrogen-bond acceptors (Lipinski definition) is 3. The minimum atomic E-state index is -0.357. The first-order valence-electron chi connectivity index (χ1n) is 5.21. The van der Waals surface area contributed by atoms with Crippen LogP contribution in [-0.4, -0.2) is 23.2 Å². The highest BCUT2D eigenvalue weighted by Crippen LogP contribution is 2.19. The highest BCUT2D eigenvalue weighted by Gasteiger charge is 2.01. The maximum absolute atomic E-state index is 11.9. The number of alkyl halides is 1. The molecule has 0 amide bonds. The van der Waals surface area contributed by atoms with E-state index < -0.39 is 0 Å². The summed E-state index contributed by atoms with van der Waals surface area (Å²) in [5, 5.41) is 0.991. The van der Waals surface area contributed by atoms with Gasteiger partial charge in [-0.15, -0.1) is 0 Å². The Morgan fingerprint density at radius 3 is 3.06 bits per heavy atom. The van der Waals surface area contributed by atoms with Gasteiger partial charge in [-0.3, -0.25) is 14.4 Å². The summed E-state index contributed by atoms with van der Waals surface area (Å²) in [5.74, 6) is 0.673. The second-order valence-electron chi connectivity index (χ2n) is 3.53. The number of nitrogens with zero attached hydrogens (tertiary/aromatic N) is 2. The van der Waals surface area contributed by atoms with Gasteiger partial charge in [-0.2, -0.15) is 0 Å². The third-order valence-corrected chi connectivity index (χ3v) is 2.30. The van der Waals surface area contributed by atoms with E-state index in [4.69, 9.17) is 4.74 Å². The van der Waals surface area contributed by atoms with Crippen LogP contribution in [0.25, 0.3) is 10.9 Å². The molecular formula is C12H13FN2O. The molecule has 0 saturated heterocycles. The Kier molecular flexibility index (Phi) is 3.29. The lowest BCUT2D eigenvalue weighted by Gasteiger charge is -2.06. The Morgan fingerprint density at radius 1 is 1.38 bits per heavy atom. The molecule has 0 fully saturated rings. The van der Waals surface area contributed by atoms with Crippen molar-refractivity contribution in [2.45, 2.75) is 13.3 Å². The molecule has 0 bridgehead atoms. The van der Waals surface area contributed by atoms with E-state index in [0.29, 0.717) is 18.8 Å². The molecule has 0 N–H and O–H groups in total. The molecule has 3 nitrogen and oxygen atoms in total. The van der Waals surface area contributed by atoms with Crippen LogP contribution in [0.4, 0.5) is 4.39 Å². The normalized spacial score (nSPS) is 10.6. The molecule has 0 aliphatic rings. The molecule has 0 aromatic carbocycles. The fourth-order valence-electron chi connectivity index (χ4n) is 1.50. The van der Waals surface area contributed by atoms with Crippen molar-refractivity contribution in [3.63, 3.8) is 0 Å². The van der Waals surface area contributed by atoms with Crippen LogP contribution in [0.15, 0.2) is 24.5 Å². The predicted octanol–water partition coefficient (Wildman–Crippen LogP) is 2.68. The fourth-order valence-corrected chi connectivity index (χ4v) is 1.50. The van der Waals surface area contributed by atoms with Crippen LogP contribution in [-0.2, 0) is 0 Å². The van der Waals surface area contributed by atoms with Gasteiger partial charge in [-0.1, -0.05) is 0 Å². The fraction of sp³-hybridized carbons (Fsp3) is 0.333. The van der Waals surface area contributed by atoms with Gasteiger partial charge in [0.15, 0.2) is 0 Å². The SMILES string of the molecule is Cc1nccc2cc(OCCCF)cnc12. The number of hydrogen-bond donors (Lipinski definition) is 0. The quantitative estimate of drug-likeness (QED) is 0.743. The Hall–Kier alpha value is -1.71. The molecule has 0 atom stereocenters. The van der Waals surface area contributed by atoms with Crippen LogP contribution in [0.5, 0.6) is 5.75 Å². The van der Waals surface area contributed by atoms with Crippen molar-refractivity contribution in [2.24, 2.45) is 0 Å².